The van der Waals surface area contributed by atoms with Gasteiger partial charge in [0.15, 0.2) is 6.61 Å². The first-order valence-corrected chi connectivity index (χ1v) is 9.13. The molecule has 0 fully saturated rings. The van der Waals surface area contributed by atoms with Crippen LogP contribution in [-0.2, 0) is 23.9 Å². The molecule has 3 amide bonds. The van der Waals surface area contributed by atoms with Crippen molar-refractivity contribution < 1.29 is 28.7 Å². The van der Waals surface area contributed by atoms with Gasteiger partial charge in [0, 0.05) is 24.7 Å². The number of nitrogens with one attached hydrogen (secondary N) is 3. The lowest BCUT2D eigenvalue weighted by atomic mass is 10.2. The Morgan fingerprint density at radius 1 is 0.800 bits per heavy atom. The van der Waals surface area contributed by atoms with Crippen LogP contribution in [-0.4, -0.2) is 37.4 Å². The molecule has 0 unspecified atom stereocenters. The first-order chi connectivity index (χ1) is 14.4. The number of esters is 1. The van der Waals surface area contributed by atoms with Crippen LogP contribution in [0, 0.1) is 0 Å². The Balaban J connectivity index is 1.70. The summed E-state index contributed by atoms with van der Waals surface area (Å²) in [6, 6.07) is 13.4. The Hall–Kier alpha value is -3.88. The SMILES string of the molecule is COc1ccccc1NC(=O)CCC(=O)OCC(=O)Nc1ccc(NC(C)=O)cc1. The van der Waals surface area contributed by atoms with Crippen molar-refractivity contribution in [3.8, 4) is 5.75 Å². The van der Waals surface area contributed by atoms with E-state index in [0.717, 1.165) is 0 Å². The van der Waals surface area contributed by atoms with Crippen molar-refractivity contribution in [3.05, 3.63) is 48.5 Å². The van der Waals surface area contributed by atoms with Gasteiger partial charge in [0.05, 0.1) is 19.2 Å². The third-order valence-corrected chi connectivity index (χ3v) is 3.79. The van der Waals surface area contributed by atoms with Crippen LogP contribution in [0.4, 0.5) is 17.1 Å². The molecule has 30 heavy (non-hydrogen) atoms. The lowest BCUT2D eigenvalue weighted by molar-refractivity contribution is -0.147. The van der Waals surface area contributed by atoms with Gasteiger partial charge in [-0.2, -0.15) is 0 Å². The Kier molecular flexibility index (Phi) is 8.37. The van der Waals surface area contributed by atoms with E-state index in [1.807, 2.05) is 0 Å². The zero-order chi connectivity index (χ0) is 21.9. The molecule has 2 aromatic rings. The molecule has 0 saturated heterocycles. The second-order valence-electron chi connectivity index (χ2n) is 6.22. The quantitative estimate of drug-likeness (QED) is 0.543. The smallest absolute Gasteiger partial charge is 0.306 e. The van der Waals surface area contributed by atoms with E-state index in [1.165, 1.54) is 14.0 Å². The van der Waals surface area contributed by atoms with Gasteiger partial charge in [-0.3, -0.25) is 19.2 Å². The summed E-state index contributed by atoms with van der Waals surface area (Å²) in [6.07, 6.45) is -0.261. The topological polar surface area (TPSA) is 123 Å². The highest BCUT2D eigenvalue weighted by atomic mass is 16.5. The largest absolute Gasteiger partial charge is 0.495 e. The van der Waals surface area contributed by atoms with Crippen LogP contribution in [0.5, 0.6) is 5.75 Å². The summed E-state index contributed by atoms with van der Waals surface area (Å²) in [5.41, 5.74) is 1.59. The minimum atomic E-state index is -0.665. The average Bonchev–Trinajstić information content (AvgIpc) is 2.72. The van der Waals surface area contributed by atoms with Crippen molar-refractivity contribution in [2.75, 3.05) is 29.7 Å². The molecule has 0 bridgehead atoms. The Labute approximate surface area is 173 Å². The Morgan fingerprint density at radius 2 is 1.43 bits per heavy atom. The maximum Gasteiger partial charge on any atom is 0.306 e. The number of rotatable bonds is 9. The molecule has 0 radical (unpaired) electrons. The van der Waals surface area contributed by atoms with E-state index >= 15 is 0 Å². The van der Waals surface area contributed by atoms with E-state index in [2.05, 4.69) is 16.0 Å². The lowest BCUT2D eigenvalue weighted by Gasteiger charge is -2.10. The Morgan fingerprint density at radius 3 is 2.07 bits per heavy atom. The number of anilines is 3. The van der Waals surface area contributed by atoms with Crippen molar-refractivity contribution in [3.63, 3.8) is 0 Å². The number of carbonyl (C=O) groups is 4. The van der Waals surface area contributed by atoms with Crippen molar-refractivity contribution in [2.45, 2.75) is 19.8 Å². The van der Waals surface area contributed by atoms with Crippen molar-refractivity contribution in [2.24, 2.45) is 0 Å². The summed E-state index contributed by atoms with van der Waals surface area (Å²) in [5, 5.41) is 7.83. The van der Waals surface area contributed by atoms with Crippen LogP contribution in [0.25, 0.3) is 0 Å². The summed E-state index contributed by atoms with van der Waals surface area (Å²) in [7, 11) is 1.49. The molecule has 9 heteroatoms. The van der Waals surface area contributed by atoms with Gasteiger partial charge >= 0.3 is 5.97 Å². The highest BCUT2D eigenvalue weighted by molar-refractivity contribution is 5.95. The van der Waals surface area contributed by atoms with Crippen LogP contribution < -0.4 is 20.7 Å². The number of hydrogen-bond acceptors (Lipinski definition) is 6. The molecule has 3 N–H and O–H groups in total. The number of hydrogen-bond donors (Lipinski definition) is 3. The zero-order valence-electron chi connectivity index (χ0n) is 16.7. The molecule has 2 rings (SSSR count). The van der Waals surface area contributed by atoms with Gasteiger partial charge in [-0.15, -0.1) is 0 Å². The Bertz CT molecular complexity index is 911. The van der Waals surface area contributed by atoms with E-state index in [1.54, 1.807) is 48.5 Å². The third kappa shape index (κ3) is 7.63. The first kappa shape index (κ1) is 22.4. The molecule has 0 aromatic heterocycles. The fourth-order valence-corrected chi connectivity index (χ4v) is 2.43. The van der Waals surface area contributed by atoms with Crippen LogP contribution in [0.15, 0.2) is 48.5 Å². The minimum absolute atomic E-state index is 0.0941. The van der Waals surface area contributed by atoms with E-state index in [4.69, 9.17) is 9.47 Å². The summed E-state index contributed by atoms with van der Waals surface area (Å²) < 4.78 is 10.0. The van der Waals surface area contributed by atoms with Gasteiger partial charge in [0.1, 0.15) is 5.75 Å². The van der Waals surface area contributed by atoms with Crippen molar-refractivity contribution in [1.29, 1.82) is 0 Å². The summed E-state index contributed by atoms with van der Waals surface area (Å²) >= 11 is 0. The van der Waals surface area contributed by atoms with E-state index in [-0.39, 0.29) is 24.7 Å². The summed E-state index contributed by atoms with van der Waals surface area (Å²) in [6.45, 7) is 0.923. The van der Waals surface area contributed by atoms with Crippen LogP contribution in [0.3, 0.4) is 0 Å². The second kappa shape index (κ2) is 11.2. The third-order valence-electron chi connectivity index (χ3n) is 3.79. The maximum atomic E-state index is 12.0. The van der Waals surface area contributed by atoms with Gasteiger partial charge in [-0.05, 0) is 36.4 Å². The highest BCUT2D eigenvalue weighted by Gasteiger charge is 2.12. The monoisotopic (exact) mass is 413 g/mol. The molecule has 0 saturated carbocycles. The normalized spacial score (nSPS) is 9.93. The summed E-state index contributed by atoms with van der Waals surface area (Å²) in [5.74, 6) is -1.25. The average molecular weight is 413 g/mol. The molecule has 158 valence electrons. The molecule has 0 atom stereocenters. The zero-order valence-corrected chi connectivity index (χ0v) is 16.7. The van der Waals surface area contributed by atoms with Crippen LogP contribution in [0.1, 0.15) is 19.8 Å². The predicted octanol–water partition coefficient (Wildman–Crippen LogP) is 2.55. The van der Waals surface area contributed by atoms with E-state index < -0.39 is 18.5 Å². The standard InChI is InChI=1S/C21H23N3O6/c1-14(25)22-15-7-9-16(10-8-15)23-20(27)13-30-21(28)12-11-19(26)24-17-5-3-4-6-18(17)29-2/h3-10H,11-13H2,1-2H3,(H,22,25)(H,23,27)(H,24,26). The van der Waals surface area contributed by atoms with Crippen molar-refractivity contribution in [1.82, 2.24) is 0 Å². The summed E-state index contributed by atoms with van der Waals surface area (Å²) in [4.78, 5) is 46.6. The maximum absolute atomic E-state index is 12.0. The molecule has 0 aliphatic heterocycles. The first-order valence-electron chi connectivity index (χ1n) is 9.13. The molecule has 0 aliphatic carbocycles. The number of methoxy groups -OCH3 is 1. The minimum Gasteiger partial charge on any atom is -0.495 e. The van der Waals surface area contributed by atoms with Gasteiger partial charge in [-0.25, -0.2) is 0 Å². The van der Waals surface area contributed by atoms with Gasteiger partial charge in [-0.1, -0.05) is 12.1 Å². The molecule has 0 aliphatic rings. The molecule has 9 nitrogen and oxygen atoms in total. The second-order valence-corrected chi connectivity index (χ2v) is 6.22. The van der Waals surface area contributed by atoms with E-state index in [0.29, 0.717) is 22.8 Å². The highest BCUT2D eigenvalue weighted by Crippen LogP contribution is 2.23. The fourth-order valence-electron chi connectivity index (χ4n) is 2.43. The van der Waals surface area contributed by atoms with Gasteiger partial charge in [0.25, 0.3) is 5.91 Å². The van der Waals surface area contributed by atoms with Gasteiger partial charge < -0.3 is 25.4 Å². The fraction of sp³-hybridized carbons (Fsp3) is 0.238. The number of ether oxygens (including phenoxy) is 2. The predicted molar refractivity (Wildman–Crippen MR) is 111 cm³/mol. The van der Waals surface area contributed by atoms with E-state index in [9.17, 15) is 19.2 Å². The molecule has 2 aromatic carbocycles. The number of amides is 3. The number of benzene rings is 2. The molecular weight excluding hydrogens is 390 g/mol. The van der Waals surface area contributed by atoms with Gasteiger partial charge in [0.2, 0.25) is 11.8 Å². The van der Waals surface area contributed by atoms with Crippen LogP contribution in [0.2, 0.25) is 0 Å². The lowest BCUT2D eigenvalue weighted by Crippen LogP contribution is -2.21. The molecule has 0 heterocycles. The van der Waals surface area contributed by atoms with Crippen molar-refractivity contribution >= 4 is 40.8 Å². The van der Waals surface area contributed by atoms with Crippen LogP contribution >= 0.6 is 0 Å². The molecular formula is C21H23N3O6. The molecule has 0 spiro atoms. The number of para-hydroxylation sites is 2. The number of carbonyl (C=O) groups excluding carboxylic acids is 4.